The van der Waals surface area contributed by atoms with Gasteiger partial charge in [0.15, 0.2) is 5.89 Å². The van der Waals surface area contributed by atoms with Gasteiger partial charge in [-0.15, -0.1) is 0 Å². The predicted octanol–water partition coefficient (Wildman–Crippen LogP) is 1.68. The number of amides is 1. The highest BCUT2D eigenvalue weighted by molar-refractivity contribution is 5.97. The molecule has 122 valence electrons. The van der Waals surface area contributed by atoms with E-state index in [2.05, 4.69) is 10.3 Å². The molecule has 0 bridgehead atoms. The second kappa shape index (κ2) is 5.39. The number of hydrogen-bond acceptors (Lipinski definition) is 5. The summed E-state index contributed by atoms with van der Waals surface area (Å²) >= 11 is 0. The van der Waals surface area contributed by atoms with Crippen LogP contribution in [0.4, 0.5) is 0 Å². The molecule has 2 atom stereocenters. The van der Waals surface area contributed by atoms with E-state index in [0.717, 1.165) is 0 Å². The molecule has 1 amide bonds. The number of nitrogens with one attached hydrogen (secondary N) is 1. The van der Waals surface area contributed by atoms with Gasteiger partial charge >= 0.3 is 5.97 Å². The summed E-state index contributed by atoms with van der Waals surface area (Å²) in [5.41, 5.74) is -1.67. The van der Waals surface area contributed by atoms with Crippen LogP contribution in [0.5, 0.6) is 0 Å². The minimum atomic E-state index is -1.38. The molecule has 2 rings (SSSR count). The topological polar surface area (TPSA) is 102 Å². The molecule has 1 aliphatic rings. The number of carbonyl (C=O) groups is 2. The maximum atomic E-state index is 12.4. The minimum absolute atomic E-state index is 0.0498. The van der Waals surface area contributed by atoms with Gasteiger partial charge in [-0.2, -0.15) is 0 Å². The number of rotatable bonds is 5. The van der Waals surface area contributed by atoms with Crippen molar-refractivity contribution in [3.63, 3.8) is 0 Å². The maximum absolute atomic E-state index is 12.4. The van der Waals surface area contributed by atoms with Gasteiger partial charge in [0, 0.05) is 25.4 Å². The number of nitrogens with zero attached hydrogens (tertiary/aromatic N) is 1. The Labute approximate surface area is 129 Å². The summed E-state index contributed by atoms with van der Waals surface area (Å²) in [6.07, 6.45) is 0.00705. The Morgan fingerprint density at radius 2 is 2.09 bits per heavy atom. The second-order valence-corrected chi connectivity index (χ2v) is 6.18. The van der Waals surface area contributed by atoms with E-state index in [4.69, 9.17) is 9.15 Å². The van der Waals surface area contributed by atoms with Crippen LogP contribution < -0.4 is 5.32 Å². The Balaban J connectivity index is 2.26. The Morgan fingerprint density at radius 1 is 1.45 bits per heavy atom. The monoisotopic (exact) mass is 310 g/mol. The summed E-state index contributed by atoms with van der Waals surface area (Å²) in [4.78, 5) is 28.2. The molecule has 1 saturated carbocycles. The van der Waals surface area contributed by atoms with Gasteiger partial charge in [-0.05, 0) is 13.8 Å². The van der Waals surface area contributed by atoms with Crippen LogP contribution in [0.1, 0.15) is 49.3 Å². The highest BCUT2D eigenvalue weighted by atomic mass is 16.5. The number of hydrogen-bond donors (Lipinski definition) is 2. The van der Waals surface area contributed by atoms with E-state index in [9.17, 15) is 14.7 Å². The van der Waals surface area contributed by atoms with Gasteiger partial charge < -0.3 is 19.6 Å². The maximum Gasteiger partial charge on any atom is 0.330 e. The minimum Gasteiger partial charge on any atom is -0.479 e. The van der Waals surface area contributed by atoms with Crippen molar-refractivity contribution in [3.8, 4) is 0 Å². The van der Waals surface area contributed by atoms with E-state index in [-0.39, 0.29) is 18.3 Å². The molecule has 0 radical (unpaired) electrons. The molecule has 7 heteroatoms. The van der Waals surface area contributed by atoms with Gasteiger partial charge in [-0.25, -0.2) is 9.78 Å². The lowest BCUT2D eigenvalue weighted by molar-refractivity contribution is -0.190. The molecular weight excluding hydrogens is 288 g/mol. The summed E-state index contributed by atoms with van der Waals surface area (Å²) in [6.45, 7) is 9.20. The van der Waals surface area contributed by atoms with Crippen LogP contribution in [0.3, 0.4) is 0 Å². The molecule has 0 aliphatic heterocycles. The fraction of sp³-hybridized carbons (Fsp3) is 0.667. The smallest absolute Gasteiger partial charge is 0.330 e. The first-order chi connectivity index (χ1) is 10.2. The molecule has 7 nitrogen and oxygen atoms in total. The lowest BCUT2D eigenvalue weighted by Gasteiger charge is -2.58. The summed E-state index contributed by atoms with van der Waals surface area (Å²) in [7, 11) is 0. The number of ether oxygens (including phenoxy) is 1. The van der Waals surface area contributed by atoms with E-state index in [1.165, 1.54) is 0 Å². The molecule has 2 N–H and O–H groups in total. The number of carboxylic acid groups (broad SMARTS) is 1. The summed E-state index contributed by atoms with van der Waals surface area (Å²) in [5.74, 6) is -1.22. The Morgan fingerprint density at radius 3 is 2.50 bits per heavy atom. The highest BCUT2D eigenvalue weighted by Crippen LogP contribution is 2.51. The van der Waals surface area contributed by atoms with Gasteiger partial charge in [-0.3, -0.25) is 4.79 Å². The molecule has 0 spiro atoms. The number of aryl methyl sites for hydroxylation is 2. The normalized spacial score (nSPS) is 26.3. The van der Waals surface area contributed by atoms with E-state index in [1.807, 2.05) is 6.92 Å². The molecule has 0 saturated heterocycles. The van der Waals surface area contributed by atoms with E-state index >= 15 is 0 Å². The molecule has 1 heterocycles. The van der Waals surface area contributed by atoms with Crippen molar-refractivity contribution >= 4 is 11.9 Å². The van der Waals surface area contributed by atoms with Crippen LogP contribution in [0.2, 0.25) is 0 Å². The van der Waals surface area contributed by atoms with E-state index in [1.54, 1.807) is 27.7 Å². The van der Waals surface area contributed by atoms with Crippen molar-refractivity contribution in [2.45, 2.75) is 52.7 Å². The van der Waals surface area contributed by atoms with Crippen LogP contribution in [-0.4, -0.2) is 40.2 Å². The van der Waals surface area contributed by atoms with Crippen LogP contribution in [0.15, 0.2) is 4.42 Å². The van der Waals surface area contributed by atoms with E-state index < -0.39 is 22.8 Å². The lowest BCUT2D eigenvalue weighted by Crippen LogP contribution is -2.76. The third kappa shape index (κ3) is 2.29. The van der Waals surface area contributed by atoms with Gasteiger partial charge in [-0.1, -0.05) is 13.8 Å². The molecule has 1 aromatic heterocycles. The van der Waals surface area contributed by atoms with Crippen molar-refractivity contribution in [2.24, 2.45) is 5.41 Å². The molecule has 22 heavy (non-hydrogen) atoms. The van der Waals surface area contributed by atoms with Crippen molar-refractivity contribution in [1.82, 2.24) is 10.3 Å². The van der Waals surface area contributed by atoms with Crippen molar-refractivity contribution in [3.05, 3.63) is 17.3 Å². The molecule has 1 aromatic rings. The third-order valence-electron chi connectivity index (χ3n) is 4.57. The van der Waals surface area contributed by atoms with Gasteiger partial charge in [0.2, 0.25) is 5.76 Å². The molecule has 0 aromatic carbocycles. The van der Waals surface area contributed by atoms with Gasteiger partial charge in [0.1, 0.15) is 5.54 Å². The zero-order valence-electron chi connectivity index (χ0n) is 13.5. The van der Waals surface area contributed by atoms with Crippen LogP contribution >= 0.6 is 0 Å². The standard InChI is InChI=1S/C15H22N2O5/c1-6-21-10-7-15(13(19)20,14(10,4)5)17-12(18)11-8(2)16-9(3)22-11/h10H,6-7H2,1-5H3,(H,17,18)(H,19,20)/t10-,15+/m0/s1. The fourth-order valence-electron chi connectivity index (χ4n) is 3.03. The second-order valence-electron chi connectivity index (χ2n) is 6.18. The molecule has 1 aliphatic carbocycles. The molecule has 1 fully saturated rings. The average Bonchev–Trinajstić information content (AvgIpc) is 2.75. The van der Waals surface area contributed by atoms with Gasteiger partial charge in [0.25, 0.3) is 5.91 Å². The number of aromatic nitrogens is 1. The first-order valence-electron chi connectivity index (χ1n) is 7.27. The van der Waals surface area contributed by atoms with Crippen molar-refractivity contribution in [1.29, 1.82) is 0 Å². The Kier molecular flexibility index (Phi) is 4.04. The summed E-state index contributed by atoms with van der Waals surface area (Å²) in [6, 6.07) is 0. The average molecular weight is 310 g/mol. The Hall–Kier alpha value is -1.89. The van der Waals surface area contributed by atoms with Gasteiger partial charge in [0.05, 0.1) is 11.8 Å². The predicted molar refractivity (Wildman–Crippen MR) is 77.6 cm³/mol. The zero-order chi connectivity index (χ0) is 16.7. The van der Waals surface area contributed by atoms with Crippen molar-refractivity contribution < 1.29 is 23.8 Å². The Bertz CT molecular complexity index is 607. The molecule has 0 unspecified atom stereocenters. The third-order valence-corrected chi connectivity index (χ3v) is 4.57. The fourth-order valence-corrected chi connectivity index (χ4v) is 3.03. The van der Waals surface area contributed by atoms with Crippen LogP contribution in [0.25, 0.3) is 0 Å². The number of carboxylic acids is 1. The van der Waals surface area contributed by atoms with E-state index in [0.29, 0.717) is 18.2 Å². The SMILES string of the molecule is CCO[C@H]1C[C@@](NC(=O)c2oc(C)nc2C)(C(=O)O)C1(C)C. The zero-order valence-corrected chi connectivity index (χ0v) is 13.5. The summed E-state index contributed by atoms with van der Waals surface area (Å²) < 4.78 is 10.8. The lowest BCUT2D eigenvalue weighted by atomic mass is 9.54. The summed E-state index contributed by atoms with van der Waals surface area (Å²) in [5, 5.41) is 12.3. The van der Waals surface area contributed by atoms with Crippen LogP contribution in [-0.2, 0) is 9.53 Å². The largest absolute Gasteiger partial charge is 0.479 e. The number of oxazole rings is 1. The van der Waals surface area contributed by atoms with Crippen LogP contribution in [0, 0.1) is 19.3 Å². The number of aliphatic carboxylic acids is 1. The first kappa shape index (κ1) is 16.5. The molecular formula is C15H22N2O5. The number of carbonyl (C=O) groups excluding carboxylic acids is 1. The highest BCUT2D eigenvalue weighted by Gasteiger charge is 2.66. The quantitative estimate of drug-likeness (QED) is 0.858. The van der Waals surface area contributed by atoms with Crippen molar-refractivity contribution in [2.75, 3.05) is 6.61 Å². The first-order valence-corrected chi connectivity index (χ1v) is 7.27.